The van der Waals surface area contributed by atoms with Crippen LogP contribution in [0, 0.1) is 0 Å². The fourth-order valence-corrected chi connectivity index (χ4v) is 3.72. The summed E-state index contributed by atoms with van der Waals surface area (Å²) in [5.74, 6) is 1.05. The highest BCUT2D eigenvalue weighted by Gasteiger charge is 2.20. The minimum absolute atomic E-state index is 0.152. The van der Waals surface area contributed by atoms with Crippen molar-refractivity contribution in [1.29, 1.82) is 0 Å². The number of phenolic OH excluding ortho intramolecular Hbond substituents is 1. The average Bonchev–Trinajstić information content (AvgIpc) is 3.34. The first-order valence-corrected chi connectivity index (χ1v) is 9.31. The van der Waals surface area contributed by atoms with Gasteiger partial charge >= 0.3 is 0 Å². The molecule has 1 aliphatic heterocycles. The molecule has 3 aromatic rings. The van der Waals surface area contributed by atoms with Crippen LogP contribution in [0.5, 0.6) is 5.75 Å². The van der Waals surface area contributed by atoms with E-state index in [0.717, 1.165) is 29.0 Å². The second-order valence-electron chi connectivity index (χ2n) is 6.26. The Labute approximate surface area is 155 Å². The Kier molecular flexibility index (Phi) is 4.69. The number of Topliss-reactive ketones (excluding diaryl/α,β-unsaturated/α-hetero) is 1. The lowest BCUT2D eigenvalue weighted by atomic mass is 10.1. The van der Waals surface area contributed by atoms with Crippen LogP contribution >= 0.6 is 11.3 Å². The zero-order chi connectivity index (χ0) is 17.9. The van der Waals surface area contributed by atoms with E-state index >= 15 is 0 Å². The van der Waals surface area contributed by atoms with Crippen molar-refractivity contribution in [2.24, 2.45) is 0 Å². The summed E-state index contributed by atoms with van der Waals surface area (Å²) < 4.78 is 5.51. The number of hydrogen-bond acceptors (Lipinski definition) is 6. The van der Waals surface area contributed by atoms with Gasteiger partial charge in [-0.3, -0.25) is 9.69 Å². The van der Waals surface area contributed by atoms with Crippen molar-refractivity contribution in [3.63, 3.8) is 0 Å². The molecule has 2 aromatic heterocycles. The first-order valence-electron chi connectivity index (χ1n) is 8.43. The van der Waals surface area contributed by atoms with Crippen molar-refractivity contribution in [2.75, 3.05) is 19.6 Å². The first kappa shape index (κ1) is 16.8. The van der Waals surface area contributed by atoms with Gasteiger partial charge in [0.25, 0.3) is 0 Å². The number of aromatic nitrogens is 1. The normalized spacial score (nSPS) is 15.0. The average molecular weight is 366 g/mol. The molecule has 0 amide bonds. The van der Waals surface area contributed by atoms with E-state index < -0.39 is 0 Å². The molecule has 0 unspecified atom stereocenters. The Morgan fingerprint density at radius 3 is 3.00 bits per heavy atom. The van der Waals surface area contributed by atoms with Crippen molar-refractivity contribution >= 4 is 22.7 Å². The molecule has 0 spiro atoms. The van der Waals surface area contributed by atoms with Gasteiger partial charge in [-0.15, -0.1) is 11.3 Å². The second-order valence-corrected chi connectivity index (χ2v) is 7.20. The fraction of sp³-hybridized carbons (Fsp3) is 0.200. The summed E-state index contributed by atoms with van der Waals surface area (Å²) in [5.41, 5.74) is 2.53. The van der Waals surface area contributed by atoms with Crippen LogP contribution in [0.1, 0.15) is 21.9 Å². The van der Waals surface area contributed by atoms with Gasteiger partial charge in [0, 0.05) is 30.3 Å². The third kappa shape index (κ3) is 3.61. The number of rotatable bonds is 5. The topological polar surface area (TPSA) is 66.6 Å². The van der Waals surface area contributed by atoms with Crippen molar-refractivity contribution in [3.8, 4) is 17.0 Å². The number of phenols is 1. The monoisotopic (exact) mass is 366 g/mol. The number of thiophene rings is 1. The number of carbonyl (C=O) groups excluding carboxylic acids is 1. The number of carbonyl (C=O) groups is 1. The standard InChI is InChI=1S/C20H18N2O3S/c23-16-6-1-4-14(10-16)17-11-19(25-21-17)15-5-2-8-22(12-15)13-18(24)20-7-3-9-26-20/h1,3-7,9-11,23H,2,8,12-13H2. The molecule has 132 valence electrons. The molecule has 3 heterocycles. The van der Waals surface area contributed by atoms with Gasteiger partial charge in [-0.2, -0.15) is 0 Å². The molecule has 6 heteroatoms. The second kappa shape index (κ2) is 7.27. The molecular weight excluding hydrogens is 348 g/mol. The van der Waals surface area contributed by atoms with Gasteiger partial charge in [0.1, 0.15) is 11.4 Å². The van der Waals surface area contributed by atoms with Crippen LogP contribution in [0.4, 0.5) is 0 Å². The van der Waals surface area contributed by atoms with E-state index in [4.69, 9.17) is 4.52 Å². The molecule has 0 atom stereocenters. The Morgan fingerprint density at radius 2 is 2.19 bits per heavy atom. The van der Waals surface area contributed by atoms with Crippen LogP contribution in [0.25, 0.3) is 16.8 Å². The van der Waals surface area contributed by atoms with Gasteiger partial charge in [-0.25, -0.2) is 0 Å². The molecule has 0 radical (unpaired) electrons. The molecule has 0 aliphatic carbocycles. The predicted octanol–water partition coefficient (Wildman–Crippen LogP) is 4.08. The SMILES string of the molecule is O=C(CN1CCC=C(c2cc(-c3cccc(O)c3)no2)C1)c1cccs1. The van der Waals surface area contributed by atoms with Gasteiger partial charge in [-0.1, -0.05) is 29.4 Å². The number of ketones is 1. The molecule has 5 nitrogen and oxygen atoms in total. The molecular formula is C20H18N2O3S. The van der Waals surface area contributed by atoms with E-state index in [2.05, 4.69) is 16.1 Å². The maximum absolute atomic E-state index is 12.3. The minimum Gasteiger partial charge on any atom is -0.508 e. The third-order valence-electron chi connectivity index (χ3n) is 4.36. The van der Waals surface area contributed by atoms with Crippen LogP contribution in [0.3, 0.4) is 0 Å². The van der Waals surface area contributed by atoms with Crippen molar-refractivity contribution in [1.82, 2.24) is 10.1 Å². The van der Waals surface area contributed by atoms with Gasteiger partial charge in [0.2, 0.25) is 0 Å². The van der Waals surface area contributed by atoms with Crippen LogP contribution in [0.2, 0.25) is 0 Å². The highest BCUT2D eigenvalue weighted by atomic mass is 32.1. The van der Waals surface area contributed by atoms with Gasteiger partial charge in [0.15, 0.2) is 11.5 Å². The van der Waals surface area contributed by atoms with Crippen molar-refractivity contribution in [3.05, 3.63) is 64.6 Å². The Balaban J connectivity index is 1.47. The largest absolute Gasteiger partial charge is 0.508 e. The zero-order valence-electron chi connectivity index (χ0n) is 14.1. The lowest BCUT2D eigenvalue weighted by Gasteiger charge is -2.25. The molecule has 1 aliphatic rings. The highest BCUT2D eigenvalue weighted by Crippen LogP contribution is 2.27. The summed E-state index contributed by atoms with van der Waals surface area (Å²) in [5, 5.41) is 15.7. The third-order valence-corrected chi connectivity index (χ3v) is 5.27. The van der Waals surface area contributed by atoms with Crippen molar-refractivity contribution < 1.29 is 14.4 Å². The summed E-state index contributed by atoms with van der Waals surface area (Å²) in [6.07, 6.45) is 3.01. The summed E-state index contributed by atoms with van der Waals surface area (Å²) in [6, 6.07) is 12.6. The Morgan fingerprint density at radius 1 is 1.27 bits per heavy atom. The predicted molar refractivity (Wildman–Crippen MR) is 101 cm³/mol. The van der Waals surface area contributed by atoms with Crippen LogP contribution < -0.4 is 0 Å². The van der Waals surface area contributed by atoms with Gasteiger partial charge in [0.05, 0.1) is 11.4 Å². The molecule has 0 fully saturated rings. The number of hydrogen-bond donors (Lipinski definition) is 1. The van der Waals surface area contributed by atoms with Crippen LogP contribution in [0.15, 0.2) is 58.4 Å². The maximum atomic E-state index is 12.3. The van der Waals surface area contributed by atoms with E-state index in [1.807, 2.05) is 29.6 Å². The van der Waals surface area contributed by atoms with E-state index in [1.165, 1.54) is 11.3 Å². The lowest BCUT2D eigenvalue weighted by Crippen LogP contribution is -2.34. The zero-order valence-corrected chi connectivity index (χ0v) is 14.9. The molecule has 26 heavy (non-hydrogen) atoms. The summed E-state index contributed by atoms with van der Waals surface area (Å²) >= 11 is 1.48. The smallest absolute Gasteiger partial charge is 0.186 e. The van der Waals surface area contributed by atoms with Gasteiger partial charge < -0.3 is 9.63 Å². The Hall–Kier alpha value is -2.70. The van der Waals surface area contributed by atoms with E-state index in [1.54, 1.807) is 18.2 Å². The quantitative estimate of drug-likeness (QED) is 0.689. The molecule has 0 saturated heterocycles. The number of nitrogens with zero attached hydrogens (tertiary/aromatic N) is 2. The van der Waals surface area contributed by atoms with Crippen molar-refractivity contribution in [2.45, 2.75) is 6.42 Å². The minimum atomic E-state index is 0.152. The van der Waals surface area contributed by atoms with E-state index in [-0.39, 0.29) is 11.5 Å². The number of benzene rings is 1. The maximum Gasteiger partial charge on any atom is 0.186 e. The van der Waals surface area contributed by atoms with E-state index in [9.17, 15) is 9.90 Å². The molecule has 0 saturated carbocycles. The molecule has 4 rings (SSSR count). The van der Waals surface area contributed by atoms with E-state index in [0.29, 0.717) is 24.5 Å². The van der Waals surface area contributed by atoms with Gasteiger partial charge in [-0.05, 0) is 30.0 Å². The van der Waals surface area contributed by atoms with Crippen LogP contribution in [-0.2, 0) is 0 Å². The molecule has 1 N–H and O–H groups in total. The van der Waals surface area contributed by atoms with Crippen LogP contribution in [-0.4, -0.2) is 40.6 Å². The lowest BCUT2D eigenvalue weighted by molar-refractivity contribution is 0.0942. The molecule has 1 aromatic carbocycles. The summed E-state index contributed by atoms with van der Waals surface area (Å²) in [4.78, 5) is 15.3. The summed E-state index contributed by atoms with van der Waals surface area (Å²) in [7, 11) is 0. The summed E-state index contributed by atoms with van der Waals surface area (Å²) in [6.45, 7) is 1.92. The number of aromatic hydroxyl groups is 1. The first-order chi connectivity index (χ1) is 12.7. The molecule has 0 bridgehead atoms. The highest BCUT2D eigenvalue weighted by molar-refractivity contribution is 7.12. The fourth-order valence-electron chi connectivity index (χ4n) is 3.07. The Bertz CT molecular complexity index is 944.